The van der Waals surface area contributed by atoms with Crippen LogP contribution in [0.2, 0.25) is 0 Å². The highest BCUT2D eigenvalue weighted by Gasteiger charge is 2.28. The predicted molar refractivity (Wildman–Crippen MR) is 96.8 cm³/mol. The highest BCUT2D eigenvalue weighted by molar-refractivity contribution is 5.82. The zero-order valence-corrected chi connectivity index (χ0v) is 14.8. The number of amides is 1. The van der Waals surface area contributed by atoms with E-state index in [1.165, 1.54) is 5.56 Å². The van der Waals surface area contributed by atoms with Gasteiger partial charge in [0.25, 0.3) is 0 Å². The molecule has 0 radical (unpaired) electrons. The number of carbonyl (C=O) groups excluding carboxylic acids is 1. The topological polar surface area (TPSA) is 38.8 Å². The Labute approximate surface area is 145 Å². The molecule has 0 aromatic heterocycles. The van der Waals surface area contributed by atoms with Crippen LogP contribution < -0.4 is 5.32 Å². The summed E-state index contributed by atoms with van der Waals surface area (Å²) in [7, 11) is 2.18. The van der Waals surface area contributed by atoms with Crippen molar-refractivity contribution in [1.82, 2.24) is 20.0 Å². The number of nitrogens with zero attached hydrogens (tertiary/aromatic N) is 3. The van der Waals surface area contributed by atoms with Gasteiger partial charge in [0.2, 0.25) is 5.91 Å². The molecule has 5 heteroatoms. The molecule has 24 heavy (non-hydrogen) atoms. The van der Waals surface area contributed by atoms with E-state index in [0.717, 1.165) is 65.2 Å². The lowest BCUT2D eigenvalue weighted by molar-refractivity contribution is -0.134. The lowest BCUT2D eigenvalue weighted by atomic mass is 10.2. The van der Waals surface area contributed by atoms with E-state index in [1.807, 2.05) is 4.90 Å². The summed E-state index contributed by atoms with van der Waals surface area (Å²) in [6.07, 6.45) is 2.13. The third kappa shape index (κ3) is 4.79. The molecule has 1 aromatic carbocycles. The second-order valence-electron chi connectivity index (χ2n) is 7.04. The smallest absolute Gasteiger partial charge is 0.239 e. The van der Waals surface area contributed by atoms with Crippen molar-refractivity contribution in [2.24, 2.45) is 0 Å². The van der Waals surface area contributed by atoms with Gasteiger partial charge in [0, 0.05) is 45.8 Å². The largest absolute Gasteiger partial charge is 0.339 e. The van der Waals surface area contributed by atoms with Gasteiger partial charge in [-0.2, -0.15) is 0 Å². The van der Waals surface area contributed by atoms with Gasteiger partial charge in [0.15, 0.2) is 0 Å². The van der Waals surface area contributed by atoms with E-state index < -0.39 is 0 Å². The van der Waals surface area contributed by atoms with Crippen molar-refractivity contribution in [3.63, 3.8) is 0 Å². The Kier molecular flexibility index (Phi) is 6.24. The normalized spacial score (nSPS) is 22.2. The molecule has 5 nitrogen and oxygen atoms in total. The minimum absolute atomic E-state index is 0.0774. The van der Waals surface area contributed by atoms with Crippen molar-refractivity contribution >= 4 is 5.91 Å². The summed E-state index contributed by atoms with van der Waals surface area (Å²) in [5.41, 5.74) is 1.36. The molecule has 1 N–H and O–H groups in total. The van der Waals surface area contributed by atoms with Crippen LogP contribution in [0.15, 0.2) is 30.3 Å². The van der Waals surface area contributed by atoms with Crippen LogP contribution in [0.3, 0.4) is 0 Å². The fourth-order valence-electron chi connectivity index (χ4n) is 3.59. The van der Waals surface area contributed by atoms with E-state index in [4.69, 9.17) is 0 Å². The minimum atomic E-state index is 0.0774. The Morgan fingerprint density at radius 3 is 2.62 bits per heavy atom. The Hall–Kier alpha value is -1.43. The third-order valence-corrected chi connectivity index (χ3v) is 5.14. The highest BCUT2D eigenvalue weighted by Crippen LogP contribution is 2.11. The molecule has 2 heterocycles. The van der Waals surface area contributed by atoms with E-state index in [0.29, 0.717) is 5.91 Å². The van der Waals surface area contributed by atoms with Gasteiger partial charge in [-0.15, -0.1) is 0 Å². The average Bonchev–Trinajstić information content (AvgIpc) is 3.15. The summed E-state index contributed by atoms with van der Waals surface area (Å²) < 4.78 is 0. The van der Waals surface area contributed by atoms with Crippen molar-refractivity contribution in [1.29, 1.82) is 0 Å². The first-order valence-corrected chi connectivity index (χ1v) is 9.19. The number of rotatable bonds is 6. The van der Waals surface area contributed by atoms with Gasteiger partial charge < -0.3 is 15.1 Å². The molecule has 2 aliphatic heterocycles. The first kappa shape index (κ1) is 17.4. The van der Waals surface area contributed by atoms with Crippen LogP contribution in [0, 0.1) is 0 Å². The molecule has 1 unspecified atom stereocenters. The first-order valence-electron chi connectivity index (χ1n) is 9.19. The maximum absolute atomic E-state index is 12.4. The molecule has 0 spiro atoms. The monoisotopic (exact) mass is 330 g/mol. The van der Waals surface area contributed by atoms with Crippen molar-refractivity contribution < 1.29 is 4.79 Å². The lowest BCUT2D eigenvalue weighted by Crippen LogP contribution is -2.53. The Bertz CT molecular complexity index is 507. The van der Waals surface area contributed by atoms with Crippen molar-refractivity contribution in [3.8, 4) is 0 Å². The number of piperazine rings is 1. The minimum Gasteiger partial charge on any atom is -0.339 e. The average molecular weight is 330 g/mol. The van der Waals surface area contributed by atoms with Crippen LogP contribution in [0.4, 0.5) is 0 Å². The molecule has 0 aliphatic carbocycles. The summed E-state index contributed by atoms with van der Waals surface area (Å²) in [5.74, 6) is 0.313. The van der Waals surface area contributed by atoms with Gasteiger partial charge in [-0.3, -0.25) is 9.69 Å². The molecule has 1 atom stereocenters. The number of hydrogen-bond donors (Lipinski definition) is 1. The number of carbonyl (C=O) groups is 1. The zero-order chi connectivity index (χ0) is 16.8. The van der Waals surface area contributed by atoms with E-state index in [1.54, 1.807) is 0 Å². The Morgan fingerprint density at radius 1 is 1.21 bits per heavy atom. The molecule has 2 aliphatic rings. The van der Waals surface area contributed by atoms with Gasteiger partial charge in [-0.25, -0.2) is 0 Å². The second-order valence-corrected chi connectivity index (χ2v) is 7.04. The summed E-state index contributed by atoms with van der Waals surface area (Å²) in [6.45, 7) is 7.87. The van der Waals surface area contributed by atoms with Gasteiger partial charge in [-0.1, -0.05) is 30.3 Å². The summed E-state index contributed by atoms with van der Waals surface area (Å²) in [4.78, 5) is 19.3. The molecule has 3 rings (SSSR count). The molecule has 2 saturated heterocycles. The van der Waals surface area contributed by atoms with Gasteiger partial charge in [0.1, 0.15) is 0 Å². The van der Waals surface area contributed by atoms with Gasteiger partial charge in [-0.05, 0) is 32.0 Å². The fraction of sp³-hybridized carbons (Fsp3) is 0.632. The summed E-state index contributed by atoms with van der Waals surface area (Å²) >= 11 is 0. The van der Waals surface area contributed by atoms with Crippen molar-refractivity contribution in [2.75, 3.05) is 52.9 Å². The zero-order valence-electron chi connectivity index (χ0n) is 14.8. The van der Waals surface area contributed by atoms with Crippen LogP contribution in [0.25, 0.3) is 0 Å². The molecular formula is C19H30N4O. The van der Waals surface area contributed by atoms with E-state index in [9.17, 15) is 4.79 Å². The summed E-state index contributed by atoms with van der Waals surface area (Å²) in [6, 6.07) is 10.7. The lowest BCUT2D eigenvalue weighted by Gasteiger charge is -2.36. The molecular weight excluding hydrogens is 300 g/mol. The Balaban J connectivity index is 1.35. The molecule has 0 bridgehead atoms. The van der Waals surface area contributed by atoms with E-state index in [-0.39, 0.29) is 6.04 Å². The first-order chi connectivity index (χ1) is 11.7. The van der Waals surface area contributed by atoms with Crippen molar-refractivity contribution in [3.05, 3.63) is 35.9 Å². The Morgan fingerprint density at radius 2 is 1.96 bits per heavy atom. The predicted octanol–water partition coefficient (Wildman–Crippen LogP) is 1.01. The van der Waals surface area contributed by atoms with Gasteiger partial charge in [0.05, 0.1) is 6.04 Å². The molecule has 132 valence electrons. The third-order valence-electron chi connectivity index (χ3n) is 5.14. The van der Waals surface area contributed by atoms with E-state index >= 15 is 0 Å². The summed E-state index contributed by atoms with van der Waals surface area (Å²) in [5, 5.41) is 3.32. The van der Waals surface area contributed by atoms with Crippen LogP contribution in [0.5, 0.6) is 0 Å². The number of hydrogen-bond acceptors (Lipinski definition) is 4. The maximum atomic E-state index is 12.4. The van der Waals surface area contributed by atoms with Crippen LogP contribution in [0.1, 0.15) is 18.4 Å². The van der Waals surface area contributed by atoms with Crippen LogP contribution >= 0.6 is 0 Å². The SMILES string of the molecule is CN(CCN1CCN(C(=O)C2CCCN2)CC1)Cc1ccccc1. The molecule has 1 amide bonds. The van der Waals surface area contributed by atoms with Crippen molar-refractivity contribution in [2.45, 2.75) is 25.4 Å². The van der Waals surface area contributed by atoms with Gasteiger partial charge >= 0.3 is 0 Å². The molecule has 1 aromatic rings. The second kappa shape index (κ2) is 8.60. The molecule has 0 saturated carbocycles. The van der Waals surface area contributed by atoms with E-state index in [2.05, 4.69) is 52.5 Å². The standard InChI is InChI=1S/C19H30N4O/c1-21(16-17-6-3-2-4-7-17)10-11-22-12-14-23(15-13-22)19(24)18-8-5-9-20-18/h2-4,6-7,18,20H,5,8-16H2,1H3. The number of likely N-dealkylation sites (N-methyl/N-ethyl adjacent to an activating group) is 1. The number of benzene rings is 1. The number of nitrogens with one attached hydrogen (secondary N) is 1. The molecule has 2 fully saturated rings. The van der Waals surface area contributed by atoms with Crippen LogP contribution in [-0.2, 0) is 11.3 Å². The highest BCUT2D eigenvalue weighted by atomic mass is 16.2. The van der Waals surface area contributed by atoms with Crippen LogP contribution in [-0.4, -0.2) is 79.5 Å². The fourth-order valence-corrected chi connectivity index (χ4v) is 3.59. The quantitative estimate of drug-likeness (QED) is 0.845. The maximum Gasteiger partial charge on any atom is 0.239 e.